The standard InChI is InChI=1S/C24H28BrN3O3S/c1-2-14-30-21-11-8-17(9-12-21)23(29)31-22-13-10-19(25)15-18(22)16-26-28-24(32)27-20-6-4-3-5-7-20/h8-13,15-16,20H,2-7,14H2,1H3,(H2,27,28,32). The Balaban J connectivity index is 1.60. The number of rotatable bonds is 8. The molecule has 0 atom stereocenters. The number of esters is 1. The fourth-order valence-corrected chi connectivity index (χ4v) is 4.00. The molecule has 3 rings (SSSR count). The van der Waals surface area contributed by atoms with Crippen molar-refractivity contribution in [2.75, 3.05) is 6.61 Å². The summed E-state index contributed by atoms with van der Waals surface area (Å²) in [6.45, 7) is 2.68. The van der Waals surface area contributed by atoms with Crippen molar-refractivity contribution in [1.29, 1.82) is 0 Å². The Hall–Kier alpha value is -2.45. The Morgan fingerprint density at radius 3 is 2.66 bits per heavy atom. The molecule has 170 valence electrons. The number of carbonyl (C=O) groups excluding carboxylic acids is 1. The minimum absolute atomic E-state index is 0.403. The highest BCUT2D eigenvalue weighted by Crippen LogP contribution is 2.23. The number of hydrazone groups is 1. The van der Waals surface area contributed by atoms with E-state index in [1.54, 1.807) is 36.5 Å². The summed E-state index contributed by atoms with van der Waals surface area (Å²) in [6, 6.07) is 12.7. The van der Waals surface area contributed by atoms with E-state index in [1.165, 1.54) is 19.3 Å². The molecular weight excluding hydrogens is 490 g/mol. The lowest BCUT2D eigenvalue weighted by Crippen LogP contribution is -2.40. The minimum atomic E-state index is -0.452. The van der Waals surface area contributed by atoms with E-state index < -0.39 is 5.97 Å². The van der Waals surface area contributed by atoms with Gasteiger partial charge in [0.05, 0.1) is 18.4 Å². The predicted octanol–water partition coefficient (Wildman–Crippen LogP) is 5.59. The van der Waals surface area contributed by atoms with Crippen LogP contribution in [0.25, 0.3) is 0 Å². The van der Waals surface area contributed by atoms with Gasteiger partial charge in [-0.15, -0.1) is 0 Å². The Kier molecular flexibility index (Phi) is 9.49. The third kappa shape index (κ3) is 7.60. The van der Waals surface area contributed by atoms with Gasteiger partial charge in [0.1, 0.15) is 11.5 Å². The van der Waals surface area contributed by atoms with Crippen molar-refractivity contribution in [3.63, 3.8) is 0 Å². The first-order valence-electron chi connectivity index (χ1n) is 10.9. The minimum Gasteiger partial charge on any atom is -0.494 e. The molecule has 32 heavy (non-hydrogen) atoms. The van der Waals surface area contributed by atoms with Gasteiger partial charge < -0.3 is 14.8 Å². The molecule has 8 heteroatoms. The smallest absolute Gasteiger partial charge is 0.343 e. The van der Waals surface area contributed by atoms with E-state index in [2.05, 4.69) is 31.8 Å². The van der Waals surface area contributed by atoms with Gasteiger partial charge >= 0.3 is 5.97 Å². The van der Waals surface area contributed by atoms with Gasteiger partial charge in [0, 0.05) is 16.1 Å². The zero-order valence-corrected chi connectivity index (χ0v) is 20.5. The molecule has 6 nitrogen and oxygen atoms in total. The van der Waals surface area contributed by atoms with Crippen molar-refractivity contribution in [3.05, 3.63) is 58.1 Å². The third-order valence-corrected chi connectivity index (χ3v) is 5.75. The van der Waals surface area contributed by atoms with E-state index >= 15 is 0 Å². The quantitative estimate of drug-likeness (QED) is 0.156. The first-order valence-corrected chi connectivity index (χ1v) is 12.1. The number of hydrogen-bond acceptors (Lipinski definition) is 5. The lowest BCUT2D eigenvalue weighted by Gasteiger charge is -2.23. The predicted molar refractivity (Wildman–Crippen MR) is 135 cm³/mol. The van der Waals surface area contributed by atoms with Crippen LogP contribution in [0.3, 0.4) is 0 Å². The topological polar surface area (TPSA) is 72.0 Å². The first-order chi connectivity index (χ1) is 15.5. The molecule has 0 saturated heterocycles. The van der Waals surface area contributed by atoms with Crippen LogP contribution in [0.1, 0.15) is 61.4 Å². The number of benzene rings is 2. The molecule has 1 saturated carbocycles. The molecule has 1 aliphatic carbocycles. The molecule has 2 aromatic carbocycles. The SMILES string of the molecule is CCCOc1ccc(C(=O)Oc2ccc(Br)cc2C=NNC(=S)NC2CCCCC2)cc1. The van der Waals surface area contributed by atoms with Gasteiger partial charge in [0.15, 0.2) is 5.11 Å². The number of carbonyl (C=O) groups is 1. The number of halogens is 1. The van der Waals surface area contributed by atoms with Crippen molar-refractivity contribution in [1.82, 2.24) is 10.7 Å². The van der Waals surface area contributed by atoms with Gasteiger partial charge in [-0.2, -0.15) is 5.10 Å². The number of ether oxygens (including phenoxy) is 2. The maximum atomic E-state index is 12.6. The van der Waals surface area contributed by atoms with Crippen molar-refractivity contribution in [2.24, 2.45) is 5.10 Å². The van der Waals surface area contributed by atoms with Crippen LogP contribution in [0.4, 0.5) is 0 Å². The fraction of sp³-hybridized carbons (Fsp3) is 0.375. The highest BCUT2D eigenvalue weighted by molar-refractivity contribution is 9.10. The van der Waals surface area contributed by atoms with E-state index in [1.807, 2.05) is 19.1 Å². The zero-order valence-electron chi connectivity index (χ0n) is 18.1. The summed E-state index contributed by atoms with van der Waals surface area (Å²) in [6.07, 6.45) is 8.51. The summed E-state index contributed by atoms with van der Waals surface area (Å²) in [4.78, 5) is 12.6. The molecule has 0 spiro atoms. The van der Waals surface area contributed by atoms with Gasteiger partial charge in [0.2, 0.25) is 0 Å². The van der Waals surface area contributed by atoms with Gasteiger partial charge in [-0.05, 0) is 73.9 Å². The number of nitrogens with one attached hydrogen (secondary N) is 2. The summed E-state index contributed by atoms with van der Waals surface area (Å²) in [5.74, 6) is 0.677. The molecule has 0 radical (unpaired) electrons. The van der Waals surface area contributed by atoms with Crippen LogP contribution in [-0.4, -0.2) is 29.9 Å². The van der Waals surface area contributed by atoms with Crippen LogP contribution in [0, 0.1) is 0 Å². The monoisotopic (exact) mass is 517 g/mol. The molecule has 0 heterocycles. The number of nitrogens with zero attached hydrogens (tertiary/aromatic N) is 1. The average Bonchev–Trinajstić information content (AvgIpc) is 2.80. The van der Waals surface area contributed by atoms with E-state index in [0.717, 1.165) is 29.5 Å². The van der Waals surface area contributed by atoms with Crippen molar-refractivity contribution in [2.45, 2.75) is 51.5 Å². The maximum Gasteiger partial charge on any atom is 0.343 e. The fourth-order valence-electron chi connectivity index (χ4n) is 3.40. The van der Waals surface area contributed by atoms with Gasteiger partial charge in [-0.1, -0.05) is 42.1 Å². The molecule has 0 aromatic heterocycles. The third-order valence-electron chi connectivity index (χ3n) is 5.05. The molecule has 0 aliphatic heterocycles. The highest BCUT2D eigenvalue weighted by atomic mass is 79.9. The molecular formula is C24H28BrN3O3S. The molecule has 2 aromatic rings. The van der Waals surface area contributed by atoms with Crippen LogP contribution < -0.4 is 20.2 Å². The number of thiocarbonyl (C=S) groups is 1. The second kappa shape index (κ2) is 12.6. The summed E-state index contributed by atoms with van der Waals surface area (Å²) >= 11 is 8.79. The Morgan fingerprint density at radius 1 is 1.19 bits per heavy atom. The average molecular weight is 518 g/mol. The van der Waals surface area contributed by atoms with Crippen molar-refractivity contribution in [3.8, 4) is 11.5 Å². The van der Waals surface area contributed by atoms with Crippen LogP contribution in [-0.2, 0) is 0 Å². The Morgan fingerprint density at radius 2 is 1.94 bits per heavy atom. The van der Waals surface area contributed by atoms with Crippen molar-refractivity contribution < 1.29 is 14.3 Å². The summed E-state index contributed by atoms with van der Waals surface area (Å²) in [7, 11) is 0. The number of hydrogen-bond donors (Lipinski definition) is 2. The van der Waals surface area contributed by atoms with Crippen molar-refractivity contribution >= 4 is 45.4 Å². The van der Waals surface area contributed by atoms with Crippen LogP contribution in [0.2, 0.25) is 0 Å². The molecule has 1 fully saturated rings. The largest absolute Gasteiger partial charge is 0.494 e. The Labute approximate surface area is 202 Å². The van der Waals surface area contributed by atoms with Gasteiger partial charge in [0.25, 0.3) is 0 Å². The van der Waals surface area contributed by atoms with E-state index in [-0.39, 0.29) is 0 Å². The van der Waals surface area contributed by atoms with Crippen LogP contribution >= 0.6 is 28.1 Å². The second-order valence-electron chi connectivity index (χ2n) is 7.62. The maximum absolute atomic E-state index is 12.6. The molecule has 1 aliphatic rings. The van der Waals surface area contributed by atoms with E-state index in [4.69, 9.17) is 21.7 Å². The van der Waals surface area contributed by atoms with Crippen LogP contribution in [0.15, 0.2) is 52.0 Å². The summed E-state index contributed by atoms with van der Waals surface area (Å²) < 4.78 is 12.0. The first kappa shape index (κ1) is 24.2. The second-order valence-corrected chi connectivity index (χ2v) is 8.95. The molecule has 0 amide bonds. The lowest BCUT2D eigenvalue weighted by atomic mass is 9.96. The lowest BCUT2D eigenvalue weighted by molar-refractivity contribution is 0.0734. The summed E-state index contributed by atoms with van der Waals surface area (Å²) in [5.41, 5.74) is 3.94. The highest BCUT2D eigenvalue weighted by Gasteiger charge is 2.14. The normalized spacial score (nSPS) is 14.2. The molecule has 0 unspecified atom stereocenters. The molecule has 0 bridgehead atoms. The van der Waals surface area contributed by atoms with Crippen LogP contribution in [0.5, 0.6) is 11.5 Å². The van der Waals surface area contributed by atoms with E-state index in [9.17, 15) is 4.79 Å². The van der Waals surface area contributed by atoms with Gasteiger partial charge in [-0.3, -0.25) is 5.43 Å². The van der Waals surface area contributed by atoms with E-state index in [0.29, 0.717) is 34.6 Å². The van der Waals surface area contributed by atoms with Gasteiger partial charge in [-0.25, -0.2) is 4.79 Å². The molecule has 2 N–H and O–H groups in total. The Bertz CT molecular complexity index is 944. The zero-order chi connectivity index (χ0) is 22.8. The summed E-state index contributed by atoms with van der Waals surface area (Å²) in [5, 5.41) is 8.02.